The number of thiophene rings is 1. The van der Waals surface area contributed by atoms with Crippen LogP contribution in [0.25, 0.3) is 0 Å². The topological polar surface area (TPSA) is 46.2 Å². The Morgan fingerprint density at radius 1 is 1.47 bits per heavy atom. The van der Waals surface area contributed by atoms with Gasteiger partial charge in [-0.3, -0.25) is 0 Å². The van der Waals surface area contributed by atoms with E-state index in [0.717, 1.165) is 24.1 Å². The Morgan fingerprint density at radius 3 is 2.71 bits per heavy atom. The monoisotopic (exact) mass is 295 g/mol. The van der Waals surface area contributed by atoms with Gasteiger partial charge in [-0.2, -0.15) is 0 Å². The molecule has 1 N–H and O–H groups in total. The smallest absolute Gasteiger partial charge is 0.208 e. The Hall–Kier alpha value is -0.100. The van der Waals surface area contributed by atoms with Gasteiger partial charge in [0.25, 0.3) is 0 Å². The van der Waals surface area contributed by atoms with E-state index in [1.165, 1.54) is 11.3 Å². The summed E-state index contributed by atoms with van der Waals surface area (Å²) in [6.45, 7) is 3.87. The largest absolute Gasteiger partial charge is 0.250 e. The second-order valence-electron chi connectivity index (χ2n) is 3.93. The number of hydrogen-bond donors (Lipinski definition) is 1. The minimum absolute atomic E-state index is 0.0778. The third kappa shape index (κ3) is 4.58. The first-order chi connectivity index (χ1) is 7.99. The molecule has 0 aliphatic carbocycles. The molecule has 17 heavy (non-hydrogen) atoms. The fraction of sp³-hybridized carbons (Fsp3) is 0.636. The fourth-order valence-electron chi connectivity index (χ4n) is 1.46. The van der Waals surface area contributed by atoms with Gasteiger partial charge in [-0.05, 0) is 38.3 Å². The zero-order chi connectivity index (χ0) is 12.9. The first-order valence-electron chi connectivity index (χ1n) is 5.66. The van der Waals surface area contributed by atoms with E-state index >= 15 is 0 Å². The Balaban J connectivity index is 2.68. The van der Waals surface area contributed by atoms with Crippen LogP contribution in [0, 0.1) is 0 Å². The van der Waals surface area contributed by atoms with Crippen molar-refractivity contribution in [2.24, 2.45) is 0 Å². The maximum absolute atomic E-state index is 12.0. The Bertz CT molecular complexity index is 442. The molecule has 1 aromatic heterocycles. The van der Waals surface area contributed by atoms with E-state index in [0.29, 0.717) is 10.1 Å². The van der Waals surface area contributed by atoms with Gasteiger partial charge in [0, 0.05) is 16.8 Å². The predicted octanol–water partition coefficient (Wildman–Crippen LogP) is 3.00. The number of halogens is 1. The SMILES string of the molecule is CCc1ccc(S(=O)(=O)NC(C)CCCCl)s1. The Kier molecular flexibility index (Phi) is 5.92. The second-order valence-corrected chi connectivity index (χ2v) is 7.41. The molecule has 0 fully saturated rings. The van der Waals surface area contributed by atoms with Crippen LogP contribution in [0.4, 0.5) is 0 Å². The molecule has 1 heterocycles. The number of hydrogen-bond acceptors (Lipinski definition) is 3. The summed E-state index contributed by atoms with van der Waals surface area (Å²) in [5.74, 6) is 0.561. The molecule has 1 rings (SSSR count). The summed E-state index contributed by atoms with van der Waals surface area (Å²) >= 11 is 6.91. The van der Waals surface area contributed by atoms with Gasteiger partial charge in [-0.15, -0.1) is 22.9 Å². The molecule has 0 amide bonds. The minimum atomic E-state index is -3.35. The highest BCUT2D eigenvalue weighted by Gasteiger charge is 2.18. The van der Waals surface area contributed by atoms with Gasteiger partial charge in [0.05, 0.1) is 0 Å². The van der Waals surface area contributed by atoms with E-state index in [-0.39, 0.29) is 6.04 Å². The lowest BCUT2D eigenvalue weighted by Crippen LogP contribution is -2.32. The zero-order valence-corrected chi connectivity index (χ0v) is 12.5. The summed E-state index contributed by atoms with van der Waals surface area (Å²) in [6, 6.07) is 3.45. The Labute approximate surface area is 112 Å². The van der Waals surface area contributed by atoms with Crippen LogP contribution in [-0.2, 0) is 16.4 Å². The van der Waals surface area contributed by atoms with Crippen LogP contribution in [0.3, 0.4) is 0 Å². The van der Waals surface area contributed by atoms with Gasteiger partial charge in [0.15, 0.2) is 0 Å². The molecule has 0 aliphatic heterocycles. The normalized spacial score (nSPS) is 13.8. The summed E-state index contributed by atoms with van der Waals surface area (Å²) in [4.78, 5) is 1.08. The quantitative estimate of drug-likeness (QED) is 0.786. The van der Waals surface area contributed by atoms with Crippen LogP contribution in [-0.4, -0.2) is 20.3 Å². The van der Waals surface area contributed by atoms with E-state index in [4.69, 9.17) is 11.6 Å². The molecule has 0 aromatic carbocycles. The maximum atomic E-state index is 12.0. The van der Waals surface area contributed by atoms with Crippen molar-refractivity contribution < 1.29 is 8.42 Å². The van der Waals surface area contributed by atoms with Crippen LogP contribution in [0.1, 0.15) is 31.6 Å². The molecule has 0 spiro atoms. The summed E-state index contributed by atoms with van der Waals surface area (Å²) in [5.41, 5.74) is 0. The Morgan fingerprint density at radius 2 is 2.18 bits per heavy atom. The average Bonchev–Trinajstić information content (AvgIpc) is 2.75. The van der Waals surface area contributed by atoms with Crippen molar-refractivity contribution in [1.82, 2.24) is 4.72 Å². The van der Waals surface area contributed by atoms with Crippen molar-refractivity contribution in [2.45, 2.75) is 43.4 Å². The lowest BCUT2D eigenvalue weighted by atomic mass is 10.2. The van der Waals surface area contributed by atoms with E-state index in [1.54, 1.807) is 6.07 Å². The molecule has 0 radical (unpaired) electrons. The summed E-state index contributed by atoms with van der Waals surface area (Å²) in [5, 5.41) is 0. The highest BCUT2D eigenvalue weighted by molar-refractivity contribution is 7.91. The molecule has 0 saturated carbocycles. The summed E-state index contributed by atoms with van der Waals surface area (Å²) < 4.78 is 27.1. The second kappa shape index (κ2) is 6.73. The number of nitrogens with one attached hydrogen (secondary N) is 1. The first kappa shape index (κ1) is 15.0. The van der Waals surface area contributed by atoms with Crippen LogP contribution in [0.5, 0.6) is 0 Å². The van der Waals surface area contributed by atoms with E-state index in [9.17, 15) is 8.42 Å². The molecule has 0 aliphatic rings. The van der Waals surface area contributed by atoms with Crippen LogP contribution < -0.4 is 4.72 Å². The number of aryl methyl sites for hydroxylation is 1. The van der Waals surface area contributed by atoms with Gasteiger partial charge >= 0.3 is 0 Å². The predicted molar refractivity (Wildman–Crippen MR) is 73.4 cm³/mol. The van der Waals surface area contributed by atoms with Gasteiger partial charge in [-0.25, -0.2) is 13.1 Å². The van der Waals surface area contributed by atoms with E-state index < -0.39 is 10.0 Å². The highest BCUT2D eigenvalue weighted by Crippen LogP contribution is 2.22. The molecule has 98 valence electrons. The molecule has 1 atom stereocenters. The van der Waals surface area contributed by atoms with Crippen molar-refractivity contribution in [1.29, 1.82) is 0 Å². The molecule has 0 bridgehead atoms. The number of rotatable bonds is 7. The lowest BCUT2D eigenvalue weighted by Gasteiger charge is -2.12. The van der Waals surface area contributed by atoms with Gasteiger partial charge in [0.2, 0.25) is 10.0 Å². The van der Waals surface area contributed by atoms with Gasteiger partial charge in [-0.1, -0.05) is 6.92 Å². The van der Waals surface area contributed by atoms with Crippen molar-refractivity contribution >= 4 is 33.0 Å². The molecular weight excluding hydrogens is 278 g/mol. The van der Waals surface area contributed by atoms with Gasteiger partial charge < -0.3 is 0 Å². The van der Waals surface area contributed by atoms with Crippen LogP contribution in [0.2, 0.25) is 0 Å². The standard InChI is InChI=1S/C11H18ClNO2S2/c1-3-10-6-7-11(16-10)17(14,15)13-9(2)5-4-8-12/h6-7,9,13H,3-5,8H2,1-2H3. The third-order valence-corrected chi connectivity index (χ3v) is 5.96. The molecule has 6 heteroatoms. The van der Waals surface area contributed by atoms with Crippen molar-refractivity contribution in [3.05, 3.63) is 17.0 Å². The third-order valence-electron chi connectivity index (χ3n) is 2.38. The van der Waals surface area contributed by atoms with Gasteiger partial charge in [0.1, 0.15) is 4.21 Å². The molecule has 1 aromatic rings. The fourth-order valence-corrected chi connectivity index (χ4v) is 4.20. The highest BCUT2D eigenvalue weighted by atomic mass is 35.5. The minimum Gasteiger partial charge on any atom is -0.208 e. The summed E-state index contributed by atoms with van der Waals surface area (Å²) in [7, 11) is -3.35. The van der Waals surface area contributed by atoms with Crippen molar-refractivity contribution in [3.63, 3.8) is 0 Å². The lowest BCUT2D eigenvalue weighted by molar-refractivity contribution is 0.546. The van der Waals surface area contributed by atoms with E-state index in [1.807, 2.05) is 19.9 Å². The maximum Gasteiger partial charge on any atom is 0.250 e. The number of alkyl halides is 1. The van der Waals surface area contributed by atoms with Crippen molar-refractivity contribution in [2.75, 3.05) is 5.88 Å². The van der Waals surface area contributed by atoms with Crippen LogP contribution >= 0.6 is 22.9 Å². The molecule has 3 nitrogen and oxygen atoms in total. The zero-order valence-electron chi connectivity index (χ0n) is 10.1. The van der Waals surface area contributed by atoms with Crippen molar-refractivity contribution in [3.8, 4) is 0 Å². The number of sulfonamides is 1. The molecular formula is C11H18ClNO2S2. The molecule has 0 saturated heterocycles. The molecule has 1 unspecified atom stereocenters. The van der Waals surface area contributed by atoms with E-state index in [2.05, 4.69) is 4.72 Å². The summed E-state index contributed by atoms with van der Waals surface area (Å²) in [6.07, 6.45) is 2.44. The average molecular weight is 296 g/mol. The van der Waals surface area contributed by atoms with Crippen LogP contribution in [0.15, 0.2) is 16.3 Å². The first-order valence-corrected chi connectivity index (χ1v) is 8.50.